The van der Waals surface area contributed by atoms with Gasteiger partial charge in [-0.1, -0.05) is 6.07 Å². The second-order valence-electron chi connectivity index (χ2n) is 5.14. The number of alkyl halides is 3. The highest BCUT2D eigenvalue weighted by molar-refractivity contribution is 5.66. The van der Waals surface area contributed by atoms with E-state index in [0.717, 1.165) is 6.20 Å². The molecule has 0 fully saturated rings. The molecule has 7 heteroatoms. The van der Waals surface area contributed by atoms with Crippen molar-refractivity contribution in [1.82, 2.24) is 9.55 Å². The van der Waals surface area contributed by atoms with Crippen molar-refractivity contribution in [3.63, 3.8) is 0 Å². The average molecular weight is 314 g/mol. The van der Waals surface area contributed by atoms with Gasteiger partial charge in [0.2, 0.25) is 0 Å². The maximum absolute atomic E-state index is 12.9. The summed E-state index contributed by atoms with van der Waals surface area (Å²) in [4.78, 5) is 3.73. The van der Waals surface area contributed by atoms with E-state index in [1.807, 2.05) is 0 Å². The monoisotopic (exact) mass is 314 g/mol. The van der Waals surface area contributed by atoms with Crippen molar-refractivity contribution < 1.29 is 23.0 Å². The molecule has 0 saturated carbocycles. The summed E-state index contributed by atoms with van der Waals surface area (Å²) in [6.45, 7) is 3.38. The van der Waals surface area contributed by atoms with Crippen LogP contribution >= 0.6 is 0 Å². The predicted octanol–water partition coefficient (Wildman–Crippen LogP) is 3.65. The summed E-state index contributed by atoms with van der Waals surface area (Å²) < 4.78 is 45.4. The summed E-state index contributed by atoms with van der Waals surface area (Å²) in [5, 5.41) is 9.15. The van der Waals surface area contributed by atoms with Gasteiger partial charge in [0.15, 0.2) is 5.69 Å². The van der Waals surface area contributed by atoms with Crippen LogP contribution in [0.4, 0.5) is 13.2 Å². The molecule has 120 valence electrons. The first-order chi connectivity index (χ1) is 10.3. The van der Waals surface area contributed by atoms with Crippen LogP contribution in [0.1, 0.15) is 31.1 Å². The van der Waals surface area contributed by atoms with Crippen LogP contribution in [0, 0.1) is 0 Å². The van der Waals surface area contributed by atoms with E-state index < -0.39 is 11.9 Å². The number of nitrogens with zero attached hydrogens (tertiary/aromatic N) is 2. The van der Waals surface area contributed by atoms with Gasteiger partial charge < -0.3 is 14.4 Å². The lowest BCUT2D eigenvalue weighted by Crippen LogP contribution is -2.05. The molecule has 1 N–H and O–H groups in total. The lowest BCUT2D eigenvalue weighted by Gasteiger charge is -2.14. The van der Waals surface area contributed by atoms with E-state index in [4.69, 9.17) is 9.84 Å². The standard InChI is InChI=1S/C15H17F3N2O2/c1-9(2)20-7-13(15(16,17)18)19-14(20)11-5-4-10(8-21)6-12(11)22-3/h4-7,9,21H,8H2,1-3H3. The molecule has 2 aromatic rings. The number of ether oxygens (including phenoxy) is 1. The van der Waals surface area contributed by atoms with Crippen molar-refractivity contribution in [3.8, 4) is 17.1 Å². The second kappa shape index (κ2) is 6.00. The topological polar surface area (TPSA) is 47.3 Å². The molecule has 1 aromatic carbocycles. The van der Waals surface area contributed by atoms with E-state index in [1.54, 1.807) is 32.0 Å². The van der Waals surface area contributed by atoms with Crippen molar-refractivity contribution in [2.75, 3.05) is 7.11 Å². The number of aliphatic hydroxyl groups is 1. The highest BCUT2D eigenvalue weighted by atomic mass is 19.4. The van der Waals surface area contributed by atoms with Crippen molar-refractivity contribution in [2.45, 2.75) is 32.7 Å². The molecule has 1 aromatic heterocycles. The SMILES string of the molecule is COc1cc(CO)ccc1-c1nc(C(F)(F)F)cn1C(C)C. The molecular formula is C15H17F3N2O2. The van der Waals surface area contributed by atoms with E-state index in [-0.39, 0.29) is 18.5 Å². The van der Waals surface area contributed by atoms with E-state index in [1.165, 1.54) is 11.7 Å². The molecule has 0 spiro atoms. The molecule has 22 heavy (non-hydrogen) atoms. The van der Waals surface area contributed by atoms with Crippen LogP contribution in [-0.4, -0.2) is 21.8 Å². The largest absolute Gasteiger partial charge is 0.496 e. The zero-order valence-electron chi connectivity index (χ0n) is 12.5. The van der Waals surface area contributed by atoms with Crippen LogP contribution in [0.5, 0.6) is 5.75 Å². The number of benzene rings is 1. The molecule has 0 aliphatic rings. The number of halogens is 3. The Balaban J connectivity index is 2.63. The Morgan fingerprint density at radius 1 is 1.32 bits per heavy atom. The molecule has 1 heterocycles. The zero-order valence-corrected chi connectivity index (χ0v) is 12.5. The molecule has 0 amide bonds. The van der Waals surface area contributed by atoms with E-state index >= 15 is 0 Å². The minimum absolute atomic E-state index is 0.178. The van der Waals surface area contributed by atoms with Crippen molar-refractivity contribution in [2.24, 2.45) is 0 Å². The molecule has 0 unspecified atom stereocenters. The van der Waals surface area contributed by atoms with Gasteiger partial charge in [-0.25, -0.2) is 4.98 Å². The average Bonchev–Trinajstić information content (AvgIpc) is 2.91. The van der Waals surface area contributed by atoms with E-state index in [2.05, 4.69) is 4.98 Å². The molecular weight excluding hydrogens is 297 g/mol. The van der Waals surface area contributed by atoms with Crippen molar-refractivity contribution in [1.29, 1.82) is 0 Å². The predicted molar refractivity (Wildman–Crippen MR) is 75.5 cm³/mol. The van der Waals surface area contributed by atoms with Crippen LogP contribution in [0.2, 0.25) is 0 Å². The van der Waals surface area contributed by atoms with Crippen molar-refractivity contribution >= 4 is 0 Å². The lowest BCUT2D eigenvalue weighted by atomic mass is 10.1. The molecule has 4 nitrogen and oxygen atoms in total. The molecule has 0 radical (unpaired) electrons. The molecule has 0 saturated heterocycles. The zero-order chi connectivity index (χ0) is 16.5. The molecule has 0 aliphatic carbocycles. The number of aromatic nitrogens is 2. The van der Waals surface area contributed by atoms with Crippen molar-refractivity contribution in [3.05, 3.63) is 35.7 Å². The number of aliphatic hydroxyl groups excluding tert-OH is 1. The Morgan fingerprint density at radius 3 is 2.50 bits per heavy atom. The minimum Gasteiger partial charge on any atom is -0.496 e. The smallest absolute Gasteiger partial charge is 0.434 e. The van der Waals surface area contributed by atoms with Gasteiger partial charge in [0.1, 0.15) is 11.6 Å². The first kappa shape index (κ1) is 16.4. The summed E-state index contributed by atoms with van der Waals surface area (Å²) in [6, 6.07) is 4.62. The summed E-state index contributed by atoms with van der Waals surface area (Å²) in [5.74, 6) is 0.552. The minimum atomic E-state index is -4.51. The summed E-state index contributed by atoms with van der Waals surface area (Å²) in [5.41, 5.74) is 0.118. The highest BCUT2D eigenvalue weighted by Gasteiger charge is 2.35. The Hall–Kier alpha value is -2.02. The fourth-order valence-corrected chi connectivity index (χ4v) is 2.14. The Kier molecular flexibility index (Phi) is 4.46. The second-order valence-corrected chi connectivity index (χ2v) is 5.14. The number of hydrogen-bond acceptors (Lipinski definition) is 3. The molecule has 0 aliphatic heterocycles. The Morgan fingerprint density at radius 2 is 2.00 bits per heavy atom. The maximum Gasteiger partial charge on any atom is 0.434 e. The van der Waals surface area contributed by atoms with Gasteiger partial charge in [-0.3, -0.25) is 0 Å². The van der Waals surface area contributed by atoms with Gasteiger partial charge >= 0.3 is 6.18 Å². The molecule has 0 bridgehead atoms. The van der Waals surface area contributed by atoms with E-state index in [9.17, 15) is 13.2 Å². The third-order valence-electron chi connectivity index (χ3n) is 3.27. The normalized spacial score (nSPS) is 12.0. The van der Waals surface area contributed by atoms with Gasteiger partial charge in [0.05, 0.1) is 19.3 Å². The first-order valence-corrected chi connectivity index (χ1v) is 6.72. The lowest BCUT2D eigenvalue weighted by molar-refractivity contribution is -0.140. The van der Waals surface area contributed by atoms with Gasteiger partial charge in [-0.05, 0) is 31.5 Å². The van der Waals surface area contributed by atoms with Crippen LogP contribution in [0.25, 0.3) is 11.4 Å². The number of rotatable bonds is 4. The maximum atomic E-state index is 12.9. The van der Waals surface area contributed by atoms with E-state index in [0.29, 0.717) is 16.9 Å². The fraction of sp³-hybridized carbons (Fsp3) is 0.400. The summed E-state index contributed by atoms with van der Waals surface area (Å²) in [6.07, 6.45) is -3.51. The molecule has 0 atom stereocenters. The Labute approximate surface area is 126 Å². The summed E-state index contributed by atoms with van der Waals surface area (Å²) >= 11 is 0. The number of hydrogen-bond donors (Lipinski definition) is 1. The molecule has 2 rings (SSSR count). The first-order valence-electron chi connectivity index (χ1n) is 6.72. The third-order valence-corrected chi connectivity index (χ3v) is 3.27. The van der Waals surface area contributed by atoms with Gasteiger partial charge in [0.25, 0.3) is 0 Å². The Bertz CT molecular complexity index is 663. The number of imidazole rings is 1. The van der Waals surface area contributed by atoms with Crippen LogP contribution in [0.15, 0.2) is 24.4 Å². The van der Waals surface area contributed by atoms with Gasteiger partial charge in [-0.2, -0.15) is 13.2 Å². The van der Waals surface area contributed by atoms with Gasteiger partial charge in [-0.15, -0.1) is 0 Å². The highest BCUT2D eigenvalue weighted by Crippen LogP contribution is 2.36. The quantitative estimate of drug-likeness (QED) is 0.937. The van der Waals surface area contributed by atoms with Crippen LogP contribution in [0.3, 0.4) is 0 Å². The summed E-state index contributed by atoms with van der Waals surface area (Å²) in [7, 11) is 1.42. The van der Waals surface area contributed by atoms with Crippen LogP contribution in [-0.2, 0) is 12.8 Å². The fourth-order valence-electron chi connectivity index (χ4n) is 2.14. The number of methoxy groups -OCH3 is 1. The van der Waals surface area contributed by atoms with Gasteiger partial charge in [0, 0.05) is 12.2 Å². The van der Waals surface area contributed by atoms with Crippen LogP contribution < -0.4 is 4.74 Å². The third kappa shape index (κ3) is 3.09.